The van der Waals surface area contributed by atoms with Gasteiger partial charge in [-0.25, -0.2) is 9.82 Å². The van der Waals surface area contributed by atoms with Crippen LogP contribution in [0.5, 0.6) is 11.5 Å². The Morgan fingerprint density at radius 2 is 1.85 bits per heavy atom. The summed E-state index contributed by atoms with van der Waals surface area (Å²) in [5.74, 6) is -0.711. The zero-order valence-electron chi connectivity index (χ0n) is 14.0. The molecular formula is C18H18FN3O4. The second kappa shape index (κ2) is 9.16. The maximum Gasteiger partial charge on any atom is 0.240 e. The monoisotopic (exact) mass is 359 g/mol. The summed E-state index contributed by atoms with van der Waals surface area (Å²) < 4.78 is 17.8. The molecule has 0 saturated heterocycles. The van der Waals surface area contributed by atoms with Crippen LogP contribution >= 0.6 is 0 Å². The average molecular weight is 359 g/mol. The Morgan fingerprint density at radius 1 is 1.15 bits per heavy atom. The third-order valence-corrected chi connectivity index (χ3v) is 3.33. The summed E-state index contributed by atoms with van der Waals surface area (Å²) in [6.45, 7) is 0. The Balaban J connectivity index is 1.78. The highest BCUT2D eigenvalue weighted by Gasteiger charge is 2.07. The second-order valence-corrected chi connectivity index (χ2v) is 5.27. The molecule has 2 amide bonds. The predicted molar refractivity (Wildman–Crippen MR) is 94.7 cm³/mol. The molecule has 8 heteroatoms. The number of ether oxygens (including phenoxy) is 1. The van der Waals surface area contributed by atoms with Gasteiger partial charge in [-0.3, -0.25) is 9.59 Å². The first kappa shape index (κ1) is 18.9. The van der Waals surface area contributed by atoms with E-state index in [1.807, 2.05) is 0 Å². The number of hydrogen-bond donors (Lipinski definition) is 3. The summed E-state index contributed by atoms with van der Waals surface area (Å²) >= 11 is 0. The van der Waals surface area contributed by atoms with Gasteiger partial charge in [0.2, 0.25) is 11.8 Å². The molecule has 0 saturated carbocycles. The van der Waals surface area contributed by atoms with Crippen LogP contribution in [-0.2, 0) is 9.59 Å². The van der Waals surface area contributed by atoms with Crippen LogP contribution < -0.4 is 15.5 Å². The largest absolute Gasteiger partial charge is 0.507 e. The first-order chi connectivity index (χ1) is 12.5. The molecular weight excluding hydrogens is 341 g/mol. The molecule has 0 fully saturated rings. The van der Waals surface area contributed by atoms with Gasteiger partial charge in [-0.1, -0.05) is 0 Å². The molecule has 0 heterocycles. The number of halogens is 1. The number of anilines is 1. The van der Waals surface area contributed by atoms with Gasteiger partial charge in [0.25, 0.3) is 0 Å². The normalized spacial score (nSPS) is 10.5. The molecule has 2 aromatic rings. The van der Waals surface area contributed by atoms with E-state index in [0.717, 1.165) is 0 Å². The third-order valence-electron chi connectivity index (χ3n) is 3.33. The maximum atomic E-state index is 12.8. The van der Waals surface area contributed by atoms with Gasteiger partial charge in [0.15, 0.2) is 0 Å². The van der Waals surface area contributed by atoms with Crippen molar-refractivity contribution in [2.45, 2.75) is 12.8 Å². The molecule has 7 nitrogen and oxygen atoms in total. The van der Waals surface area contributed by atoms with E-state index in [2.05, 4.69) is 15.8 Å². The molecule has 0 aliphatic rings. The fraction of sp³-hybridized carbons (Fsp3) is 0.167. The highest BCUT2D eigenvalue weighted by Crippen LogP contribution is 2.20. The number of hydrazone groups is 1. The van der Waals surface area contributed by atoms with Crippen LogP contribution in [-0.4, -0.2) is 30.2 Å². The van der Waals surface area contributed by atoms with Gasteiger partial charge < -0.3 is 15.2 Å². The molecule has 2 rings (SSSR count). The Morgan fingerprint density at radius 3 is 2.54 bits per heavy atom. The summed E-state index contributed by atoms with van der Waals surface area (Å²) in [5, 5.41) is 16.0. The number of carbonyl (C=O) groups is 2. The quantitative estimate of drug-likeness (QED) is 0.522. The number of rotatable bonds is 7. The number of phenols is 1. The van der Waals surface area contributed by atoms with Crippen LogP contribution in [0.3, 0.4) is 0 Å². The highest BCUT2D eigenvalue weighted by molar-refractivity contribution is 5.93. The highest BCUT2D eigenvalue weighted by atomic mass is 19.1. The Hall–Kier alpha value is -3.42. The standard InChI is InChI=1S/C18H18FN3O4/c1-26-15-6-7-16(23)12(10-15)11-20-22-18(25)9-8-17(24)21-14-4-2-13(19)3-5-14/h2-7,10-11,23H,8-9H2,1H3,(H,21,24)(H,22,25)/b20-11-. The van der Waals surface area contributed by atoms with Crippen molar-refractivity contribution in [2.75, 3.05) is 12.4 Å². The van der Waals surface area contributed by atoms with Crippen molar-refractivity contribution in [3.8, 4) is 11.5 Å². The van der Waals surface area contributed by atoms with E-state index in [0.29, 0.717) is 17.0 Å². The third kappa shape index (κ3) is 5.90. The van der Waals surface area contributed by atoms with Crippen molar-refractivity contribution in [1.29, 1.82) is 0 Å². The van der Waals surface area contributed by atoms with Crippen molar-refractivity contribution >= 4 is 23.7 Å². The van der Waals surface area contributed by atoms with Crippen LogP contribution in [0.25, 0.3) is 0 Å². The number of benzene rings is 2. The molecule has 0 bridgehead atoms. The van der Waals surface area contributed by atoms with Crippen LogP contribution in [0.1, 0.15) is 18.4 Å². The van der Waals surface area contributed by atoms with E-state index in [1.165, 1.54) is 43.7 Å². The van der Waals surface area contributed by atoms with Crippen LogP contribution in [0.15, 0.2) is 47.6 Å². The number of carbonyl (C=O) groups excluding carboxylic acids is 2. The molecule has 0 radical (unpaired) electrons. The van der Waals surface area contributed by atoms with Crippen molar-refractivity contribution in [2.24, 2.45) is 5.10 Å². The topological polar surface area (TPSA) is 100 Å². The van der Waals surface area contributed by atoms with Gasteiger partial charge in [0.05, 0.1) is 13.3 Å². The Bertz CT molecular complexity index is 807. The van der Waals surface area contributed by atoms with Gasteiger partial charge in [0, 0.05) is 24.1 Å². The van der Waals surface area contributed by atoms with Gasteiger partial charge in [-0.15, -0.1) is 0 Å². The fourth-order valence-electron chi connectivity index (χ4n) is 1.98. The van der Waals surface area contributed by atoms with E-state index >= 15 is 0 Å². The van der Waals surface area contributed by atoms with E-state index in [-0.39, 0.29) is 24.5 Å². The fourth-order valence-corrected chi connectivity index (χ4v) is 1.98. The molecule has 2 aromatic carbocycles. The average Bonchev–Trinajstić information content (AvgIpc) is 2.63. The molecule has 136 valence electrons. The second-order valence-electron chi connectivity index (χ2n) is 5.27. The lowest BCUT2D eigenvalue weighted by atomic mass is 10.2. The van der Waals surface area contributed by atoms with Crippen LogP contribution in [0.4, 0.5) is 10.1 Å². The minimum absolute atomic E-state index is 0.0116. The minimum Gasteiger partial charge on any atom is -0.507 e. The molecule has 0 spiro atoms. The van der Waals surface area contributed by atoms with E-state index in [9.17, 15) is 19.1 Å². The van der Waals surface area contributed by atoms with Gasteiger partial charge in [-0.2, -0.15) is 5.10 Å². The summed E-state index contributed by atoms with van der Waals surface area (Å²) in [4.78, 5) is 23.4. The van der Waals surface area contributed by atoms with Crippen LogP contribution in [0, 0.1) is 5.82 Å². The van der Waals surface area contributed by atoms with Crippen molar-refractivity contribution < 1.29 is 23.8 Å². The smallest absolute Gasteiger partial charge is 0.240 e. The van der Waals surface area contributed by atoms with E-state index in [1.54, 1.807) is 12.1 Å². The van der Waals surface area contributed by atoms with Gasteiger partial charge in [0.1, 0.15) is 17.3 Å². The van der Waals surface area contributed by atoms with Crippen molar-refractivity contribution in [3.63, 3.8) is 0 Å². The number of nitrogens with zero attached hydrogens (tertiary/aromatic N) is 1. The lowest BCUT2D eigenvalue weighted by molar-refractivity contribution is -0.124. The minimum atomic E-state index is -0.460. The SMILES string of the molecule is COc1ccc(O)c(/C=N\NC(=O)CCC(=O)Nc2ccc(F)cc2)c1. The summed E-state index contributed by atoms with van der Waals surface area (Å²) in [6.07, 6.45) is 1.14. The Labute approximate surface area is 149 Å². The summed E-state index contributed by atoms with van der Waals surface area (Å²) in [7, 11) is 1.49. The summed E-state index contributed by atoms with van der Waals surface area (Å²) in [6, 6.07) is 9.90. The van der Waals surface area contributed by atoms with Crippen molar-refractivity contribution in [1.82, 2.24) is 5.43 Å². The number of phenolic OH excluding ortho intramolecular Hbond substituents is 1. The van der Waals surface area contributed by atoms with Gasteiger partial charge in [-0.05, 0) is 42.5 Å². The number of hydrogen-bond acceptors (Lipinski definition) is 5. The molecule has 0 atom stereocenters. The lowest BCUT2D eigenvalue weighted by Gasteiger charge is -2.05. The van der Waals surface area contributed by atoms with Crippen LogP contribution in [0.2, 0.25) is 0 Å². The number of methoxy groups -OCH3 is 1. The predicted octanol–water partition coefficient (Wildman–Crippen LogP) is 2.41. The van der Waals surface area contributed by atoms with E-state index < -0.39 is 11.7 Å². The van der Waals surface area contributed by atoms with Gasteiger partial charge >= 0.3 is 0 Å². The zero-order chi connectivity index (χ0) is 18.9. The first-order valence-corrected chi connectivity index (χ1v) is 7.72. The number of aromatic hydroxyl groups is 1. The molecule has 0 aliphatic carbocycles. The molecule has 0 unspecified atom stereocenters. The number of nitrogens with one attached hydrogen (secondary N) is 2. The molecule has 0 aliphatic heterocycles. The number of amides is 2. The molecule has 0 aromatic heterocycles. The molecule has 3 N–H and O–H groups in total. The summed E-state index contributed by atoms with van der Waals surface area (Å²) in [5.41, 5.74) is 3.09. The van der Waals surface area contributed by atoms with Crippen molar-refractivity contribution in [3.05, 3.63) is 53.8 Å². The molecule has 26 heavy (non-hydrogen) atoms. The lowest BCUT2D eigenvalue weighted by Crippen LogP contribution is -2.20. The first-order valence-electron chi connectivity index (χ1n) is 7.72. The zero-order valence-corrected chi connectivity index (χ0v) is 14.0. The van der Waals surface area contributed by atoms with E-state index in [4.69, 9.17) is 4.74 Å². The Kier molecular flexibility index (Phi) is 6.67. The maximum absolute atomic E-state index is 12.8.